The third-order valence-electron chi connectivity index (χ3n) is 3.82. The summed E-state index contributed by atoms with van der Waals surface area (Å²) in [5.41, 5.74) is 2.69. The largest absolute Gasteiger partial charge is 0.374 e. The third kappa shape index (κ3) is 3.56. The summed E-state index contributed by atoms with van der Waals surface area (Å²) in [4.78, 5) is 0. The van der Waals surface area contributed by atoms with Crippen LogP contribution in [0.2, 0.25) is 0 Å². The van der Waals surface area contributed by atoms with Crippen molar-refractivity contribution in [1.82, 2.24) is 5.32 Å². The van der Waals surface area contributed by atoms with Crippen LogP contribution < -0.4 is 5.32 Å². The predicted octanol–water partition coefficient (Wildman–Crippen LogP) is 3.32. The zero-order valence-corrected chi connectivity index (χ0v) is 11.8. The molecule has 2 rings (SSSR count). The summed E-state index contributed by atoms with van der Waals surface area (Å²) in [7, 11) is 2.02. The van der Waals surface area contributed by atoms with E-state index in [0.717, 1.165) is 19.1 Å². The van der Waals surface area contributed by atoms with Crippen molar-refractivity contribution >= 4 is 0 Å². The van der Waals surface area contributed by atoms with Crippen molar-refractivity contribution in [3.8, 4) is 0 Å². The Bertz CT molecular complexity index is 352. The number of rotatable bonds is 6. The molecule has 0 atom stereocenters. The van der Waals surface area contributed by atoms with Gasteiger partial charge in [0, 0.05) is 0 Å². The van der Waals surface area contributed by atoms with E-state index < -0.39 is 0 Å². The lowest BCUT2D eigenvalue weighted by Crippen LogP contribution is -2.36. The van der Waals surface area contributed by atoms with Crippen molar-refractivity contribution in [1.29, 1.82) is 0 Å². The molecular weight excluding hydrogens is 222 g/mol. The summed E-state index contributed by atoms with van der Waals surface area (Å²) in [6.07, 6.45) is 2.91. The molecule has 1 N–H and O–H groups in total. The molecule has 18 heavy (non-hydrogen) atoms. The molecule has 0 aromatic heterocycles. The van der Waals surface area contributed by atoms with Gasteiger partial charge in [0.1, 0.15) is 0 Å². The van der Waals surface area contributed by atoms with E-state index in [1.54, 1.807) is 0 Å². The van der Waals surface area contributed by atoms with Gasteiger partial charge in [-0.25, -0.2) is 0 Å². The SMILES string of the molecule is CNCC1CC(OCc2ccc(C(C)C)cc2)C1. The molecule has 0 spiro atoms. The lowest BCUT2D eigenvalue weighted by molar-refractivity contribution is -0.0391. The summed E-state index contributed by atoms with van der Waals surface area (Å²) in [5.74, 6) is 1.43. The van der Waals surface area contributed by atoms with Crippen LogP contribution in [0.15, 0.2) is 24.3 Å². The summed E-state index contributed by atoms with van der Waals surface area (Å²) < 4.78 is 5.91. The molecular formula is C16H25NO. The Morgan fingerprint density at radius 1 is 1.22 bits per heavy atom. The summed E-state index contributed by atoms with van der Waals surface area (Å²) in [5, 5.41) is 3.23. The van der Waals surface area contributed by atoms with Gasteiger partial charge >= 0.3 is 0 Å². The van der Waals surface area contributed by atoms with E-state index in [2.05, 4.69) is 43.4 Å². The van der Waals surface area contributed by atoms with Crippen LogP contribution in [-0.4, -0.2) is 19.7 Å². The molecule has 0 unspecified atom stereocenters. The molecule has 0 radical (unpaired) electrons. The van der Waals surface area contributed by atoms with Gasteiger partial charge in [0.15, 0.2) is 0 Å². The lowest BCUT2D eigenvalue weighted by Gasteiger charge is -2.35. The van der Waals surface area contributed by atoms with Crippen LogP contribution >= 0.6 is 0 Å². The number of nitrogens with one attached hydrogen (secondary N) is 1. The van der Waals surface area contributed by atoms with Crippen molar-refractivity contribution in [2.45, 2.75) is 45.3 Å². The molecule has 1 aliphatic carbocycles. The average molecular weight is 247 g/mol. The summed E-state index contributed by atoms with van der Waals surface area (Å²) in [6, 6.07) is 8.82. The van der Waals surface area contributed by atoms with E-state index in [1.165, 1.54) is 24.0 Å². The minimum absolute atomic E-state index is 0.480. The summed E-state index contributed by atoms with van der Waals surface area (Å²) >= 11 is 0. The molecule has 0 aliphatic heterocycles. The van der Waals surface area contributed by atoms with Crippen molar-refractivity contribution in [2.24, 2.45) is 5.92 Å². The molecule has 0 amide bonds. The topological polar surface area (TPSA) is 21.3 Å². The predicted molar refractivity (Wildman–Crippen MR) is 75.8 cm³/mol. The van der Waals surface area contributed by atoms with Gasteiger partial charge in [-0.05, 0) is 49.4 Å². The van der Waals surface area contributed by atoms with Gasteiger partial charge < -0.3 is 10.1 Å². The average Bonchev–Trinajstić information content (AvgIpc) is 2.32. The molecule has 1 aliphatic rings. The maximum Gasteiger partial charge on any atom is 0.0720 e. The highest BCUT2D eigenvalue weighted by atomic mass is 16.5. The Morgan fingerprint density at radius 2 is 1.89 bits per heavy atom. The zero-order chi connectivity index (χ0) is 13.0. The van der Waals surface area contributed by atoms with Crippen LogP contribution in [0.5, 0.6) is 0 Å². The third-order valence-corrected chi connectivity index (χ3v) is 3.82. The highest BCUT2D eigenvalue weighted by molar-refractivity contribution is 5.24. The Labute approximate surface area is 111 Å². The lowest BCUT2D eigenvalue weighted by atomic mass is 9.82. The van der Waals surface area contributed by atoms with E-state index in [-0.39, 0.29) is 0 Å². The van der Waals surface area contributed by atoms with Crippen molar-refractivity contribution in [3.05, 3.63) is 35.4 Å². The zero-order valence-electron chi connectivity index (χ0n) is 11.8. The van der Waals surface area contributed by atoms with Crippen molar-refractivity contribution in [3.63, 3.8) is 0 Å². The van der Waals surface area contributed by atoms with Crippen molar-refractivity contribution in [2.75, 3.05) is 13.6 Å². The quantitative estimate of drug-likeness (QED) is 0.832. The van der Waals surface area contributed by atoms with Gasteiger partial charge in [0.05, 0.1) is 12.7 Å². The van der Waals surface area contributed by atoms with Crippen LogP contribution in [-0.2, 0) is 11.3 Å². The second-order valence-corrected chi connectivity index (χ2v) is 5.72. The van der Waals surface area contributed by atoms with Gasteiger partial charge in [-0.15, -0.1) is 0 Å². The van der Waals surface area contributed by atoms with E-state index in [0.29, 0.717) is 12.0 Å². The van der Waals surface area contributed by atoms with Crippen LogP contribution in [0.1, 0.15) is 43.7 Å². The van der Waals surface area contributed by atoms with E-state index >= 15 is 0 Å². The molecule has 0 saturated heterocycles. The van der Waals surface area contributed by atoms with Gasteiger partial charge in [0.25, 0.3) is 0 Å². The summed E-state index contributed by atoms with van der Waals surface area (Å²) in [6.45, 7) is 6.34. The fraction of sp³-hybridized carbons (Fsp3) is 0.625. The fourth-order valence-electron chi connectivity index (χ4n) is 2.48. The molecule has 1 aromatic carbocycles. The fourth-order valence-corrected chi connectivity index (χ4v) is 2.48. The first-order valence-corrected chi connectivity index (χ1v) is 7.04. The number of hydrogen-bond donors (Lipinski definition) is 1. The first-order chi connectivity index (χ1) is 8.69. The first kappa shape index (κ1) is 13.6. The van der Waals surface area contributed by atoms with Crippen LogP contribution in [0, 0.1) is 5.92 Å². The molecule has 1 aromatic rings. The molecule has 0 bridgehead atoms. The molecule has 1 saturated carbocycles. The number of ether oxygens (including phenoxy) is 1. The van der Waals surface area contributed by atoms with Gasteiger partial charge in [-0.1, -0.05) is 38.1 Å². The molecule has 1 fully saturated rings. The minimum Gasteiger partial charge on any atom is -0.374 e. The van der Waals surface area contributed by atoms with E-state index in [4.69, 9.17) is 4.74 Å². The number of hydrogen-bond acceptors (Lipinski definition) is 2. The Hall–Kier alpha value is -0.860. The number of benzene rings is 1. The normalized spacial score (nSPS) is 23.1. The minimum atomic E-state index is 0.480. The maximum absolute atomic E-state index is 5.91. The second kappa shape index (κ2) is 6.35. The van der Waals surface area contributed by atoms with Crippen LogP contribution in [0.25, 0.3) is 0 Å². The van der Waals surface area contributed by atoms with Gasteiger partial charge in [-0.2, -0.15) is 0 Å². The highest BCUT2D eigenvalue weighted by Gasteiger charge is 2.28. The molecule has 100 valence electrons. The molecule has 2 heteroatoms. The Morgan fingerprint density at radius 3 is 2.44 bits per heavy atom. The van der Waals surface area contributed by atoms with E-state index in [9.17, 15) is 0 Å². The molecule has 0 heterocycles. The highest BCUT2D eigenvalue weighted by Crippen LogP contribution is 2.30. The van der Waals surface area contributed by atoms with Gasteiger partial charge in [-0.3, -0.25) is 0 Å². The van der Waals surface area contributed by atoms with Crippen LogP contribution in [0.4, 0.5) is 0 Å². The second-order valence-electron chi connectivity index (χ2n) is 5.72. The Kier molecular flexibility index (Phi) is 4.79. The maximum atomic E-state index is 5.91. The van der Waals surface area contributed by atoms with E-state index in [1.807, 2.05) is 7.05 Å². The smallest absolute Gasteiger partial charge is 0.0720 e. The monoisotopic (exact) mass is 247 g/mol. The standard InChI is InChI=1S/C16H25NO/c1-12(2)15-6-4-13(5-7-15)11-18-16-8-14(9-16)10-17-3/h4-7,12,14,16-17H,8-11H2,1-3H3. The van der Waals surface area contributed by atoms with Gasteiger partial charge in [0.2, 0.25) is 0 Å². The van der Waals surface area contributed by atoms with Crippen molar-refractivity contribution < 1.29 is 4.74 Å². The first-order valence-electron chi connectivity index (χ1n) is 7.04. The molecule has 2 nitrogen and oxygen atoms in total. The Balaban J connectivity index is 1.71. The van der Waals surface area contributed by atoms with Crippen LogP contribution in [0.3, 0.4) is 0 Å².